The van der Waals surface area contributed by atoms with Gasteiger partial charge in [0.2, 0.25) is 6.29 Å². The van der Waals surface area contributed by atoms with Gasteiger partial charge in [-0.05, 0) is 18.4 Å². The highest BCUT2D eigenvalue weighted by Gasteiger charge is 2.34. The van der Waals surface area contributed by atoms with Crippen molar-refractivity contribution in [3.8, 4) is 0 Å². The van der Waals surface area contributed by atoms with Crippen LogP contribution in [0.2, 0.25) is 0 Å². The van der Waals surface area contributed by atoms with Crippen molar-refractivity contribution in [1.29, 1.82) is 0 Å². The van der Waals surface area contributed by atoms with Gasteiger partial charge in [0.05, 0.1) is 6.61 Å². The number of nitrogens with zero attached hydrogens (tertiary/aromatic N) is 2. The van der Waals surface area contributed by atoms with E-state index in [1.165, 1.54) is 0 Å². The van der Waals surface area contributed by atoms with Gasteiger partial charge in [-0.15, -0.1) is 5.06 Å². The molecule has 0 spiro atoms. The number of amides is 2. The molecule has 2 aliphatic rings. The van der Waals surface area contributed by atoms with Crippen molar-refractivity contribution in [2.24, 2.45) is 5.16 Å². The molecule has 0 bridgehead atoms. The van der Waals surface area contributed by atoms with Crippen molar-refractivity contribution in [1.82, 2.24) is 5.06 Å². The maximum Gasteiger partial charge on any atom is 0.381 e. The van der Waals surface area contributed by atoms with Crippen LogP contribution in [0.3, 0.4) is 0 Å². The number of benzene rings is 1. The molecule has 0 aromatic heterocycles. The predicted molar refractivity (Wildman–Crippen MR) is 89.4 cm³/mol. The first-order valence-corrected chi connectivity index (χ1v) is 8.60. The molecule has 1 aromatic rings. The maximum atomic E-state index is 12.4. The van der Waals surface area contributed by atoms with E-state index < -0.39 is 24.1 Å². The number of oxime groups is 1. The van der Waals surface area contributed by atoms with Crippen molar-refractivity contribution in [3.63, 3.8) is 0 Å². The predicted octanol–water partition coefficient (Wildman–Crippen LogP) is 1.74. The first kappa shape index (κ1) is 18.1. The molecule has 0 N–H and O–H groups in total. The lowest BCUT2D eigenvalue weighted by Crippen LogP contribution is -2.35. The molecule has 1 atom stereocenters. The standard InChI is InChI=1S/C18H20N2O6/c21-15-9-10-16(22)20(15)26-18(23)14(12-13-6-2-1-3-7-13)19-25-17-8-4-5-11-24-17/h1-3,6-7,17H,4-5,8-12H2/b19-14+. The van der Waals surface area contributed by atoms with Crippen LogP contribution < -0.4 is 0 Å². The Bertz CT molecular complexity index is 681. The van der Waals surface area contributed by atoms with Crippen LogP contribution in [0.5, 0.6) is 0 Å². The Morgan fingerprint density at radius 2 is 1.88 bits per heavy atom. The van der Waals surface area contributed by atoms with Crippen LogP contribution in [0, 0.1) is 0 Å². The minimum Gasteiger partial charge on any atom is -0.363 e. The molecule has 8 nitrogen and oxygen atoms in total. The average molecular weight is 360 g/mol. The molecule has 8 heteroatoms. The molecular weight excluding hydrogens is 340 g/mol. The van der Waals surface area contributed by atoms with Crippen molar-refractivity contribution >= 4 is 23.5 Å². The van der Waals surface area contributed by atoms with Crippen molar-refractivity contribution < 1.29 is 28.8 Å². The normalized spacial score (nSPS) is 21.0. The minimum absolute atomic E-state index is 0.0314. The minimum atomic E-state index is -0.895. The highest BCUT2D eigenvalue weighted by Crippen LogP contribution is 2.16. The van der Waals surface area contributed by atoms with E-state index >= 15 is 0 Å². The molecule has 2 fully saturated rings. The summed E-state index contributed by atoms with van der Waals surface area (Å²) in [6.45, 7) is 0.579. The molecule has 0 radical (unpaired) electrons. The van der Waals surface area contributed by atoms with Gasteiger partial charge in [0.15, 0.2) is 5.71 Å². The monoisotopic (exact) mass is 360 g/mol. The van der Waals surface area contributed by atoms with Crippen LogP contribution in [0.1, 0.15) is 37.7 Å². The summed E-state index contributed by atoms with van der Waals surface area (Å²) in [5.74, 6) is -1.98. The Labute approximate surface area is 150 Å². The number of ether oxygens (including phenoxy) is 1. The van der Waals surface area contributed by atoms with Gasteiger partial charge in [0, 0.05) is 25.7 Å². The first-order chi connectivity index (χ1) is 12.6. The van der Waals surface area contributed by atoms with E-state index in [4.69, 9.17) is 14.4 Å². The molecule has 2 aliphatic heterocycles. The fourth-order valence-corrected chi connectivity index (χ4v) is 2.64. The lowest BCUT2D eigenvalue weighted by atomic mass is 10.1. The topological polar surface area (TPSA) is 94.5 Å². The summed E-state index contributed by atoms with van der Waals surface area (Å²) in [6.07, 6.45) is 2.28. The van der Waals surface area contributed by atoms with E-state index in [0.717, 1.165) is 18.4 Å². The highest BCUT2D eigenvalue weighted by atomic mass is 16.8. The zero-order valence-electron chi connectivity index (χ0n) is 14.3. The quantitative estimate of drug-likeness (QED) is 0.436. The zero-order valence-corrected chi connectivity index (χ0v) is 14.3. The van der Waals surface area contributed by atoms with Crippen molar-refractivity contribution in [2.75, 3.05) is 6.61 Å². The fourth-order valence-electron chi connectivity index (χ4n) is 2.64. The second-order valence-corrected chi connectivity index (χ2v) is 6.06. The molecule has 0 aliphatic carbocycles. The van der Waals surface area contributed by atoms with Crippen LogP contribution in [0.25, 0.3) is 0 Å². The van der Waals surface area contributed by atoms with Gasteiger partial charge in [-0.25, -0.2) is 4.79 Å². The number of rotatable bonds is 6. The molecule has 2 heterocycles. The first-order valence-electron chi connectivity index (χ1n) is 8.60. The van der Waals surface area contributed by atoms with Gasteiger partial charge in [-0.3, -0.25) is 9.59 Å². The SMILES string of the molecule is O=C(ON1C(=O)CCC1=O)/C(Cc1ccccc1)=N/OC1CCCCO1. The molecule has 2 saturated heterocycles. The highest BCUT2D eigenvalue weighted by molar-refractivity contribution is 6.37. The van der Waals surface area contributed by atoms with E-state index in [1.807, 2.05) is 30.3 Å². The van der Waals surface area contributed by atoms with E-state index in [-0.39, 0.29) is 25.0 Å². The second kappa shape index (κ2) is 8.57. The summed E-state index contributed by atoms with van der Waals surface area (Å²) in [4.78, 5) is 46.0. The van der Waals surface area contributed by atoms with Crippen LogP contribution in [-0.4, -0.2) is 41.5 Å². The summed E-state index contributed by atoms with van der Waals surface area (Å²) in [5, 5.41) is 4.40. The largest absolute Gasteiger partial charge is 0.381 e. The number of imide groups is 1. The van der Waals surface area contributed by atoms with E-state index in [2.05, 4.69) is 5.16 Å². The lowest BCUT2D eigenvalue weighted by Gasteiger charge is -2.20. The molecule has 26 heavy (non-hydrogen) atoms. The third kappa shape index (κ3) is 4.66. The average Bonchev–Trinajstić information content (AvgIpc) is 2.98. The van der Waals surface area contributed by atoms with Crippen LogP contribution in [0.4, 0.5) is 0 Å². The summed E-state index contributed by atoms with van der Waals surface area (Å²) in [6, 6.07) is 9.17. The molecule has 1 unspecified atom stereocenters. The molecule has 0 saturated carbocycles. The molecule has 3 rings (SSSR count). The lowest BCUT2D eigenvalue weighted by molar-refractivity contribution is -0.193. The molecule has 1 aromatic carbocycles. The Balaban J connectivity index is 1.71. The van der Waals surface area contributed by atoms with Crippen LogP contribution >= 0.6 is 0 Å². The summed E-state index contributed by atoms with van der Waals surface area (Å²) in [5.41, 5.74) is 0.772. The number of hydrogen-bond acceptors (Lipinski definition) is 7. The van der Waals surface area contributed by atoms with Gasteiger partial charge in [-0.2, -0.15) is 0 Å². The van der Waals surface area contributed by atoms with Gasteiger partial charge in [0.25, 0.3) is 11.8 Å². The smallest absolute Gasteiger partial charge is 0.363 e. The van der Waals surface area contributed by atoms with E-state index in [9.17, 15) is 14.4 Å². The number of hydroxylamine groups is 2. The molecular formula is C18H20N2O6. The Morgan fingerprint density at radius 3 is 2.54 bits per heavy atom. The van der Waals surface area contributed by atoms with Gasteiger partial charge < -0.3 is 14.4 Å². The van der Waals surface area contributed by atoms with Crippen LogP contribution in [0.15, 0.2) is 35.5 Å². The number of hydrogen-bond donors (Lipinski definition) is 0. The number of carbonyl (C=O) groups excluding carboxylic acids is 3. The van der Waals surface area contributed by atoms with E-state index in [0.29, 0.717) is 18.1 Å². The molecule has 138 valence electrons. The third-order valence-corrected chi connectivity index (χ3v) is 4.05. The summed E-state index contributed by atoms with van der Waals surface area (Å²) >= 11 is 0. The zero-order chi connectivity index (χ0) is 18.4. The van der Waals surface area contributed by atoms with Crippen molar-refractivity contribution in [2.45, 2.75) is 44.8 Å². The Hall–Kier alpha value is -2.74. The second-order valence-electron chi connectivity index (χ2n) is 6.06. The Kier molecular flexibility index (Phi) is 5.96. The van der Waals surface area contributed by atoms with E-state index in [1.54, 1.807) is 0 Å². The molecule has 2 amide bonds. The van der Waals surface area contributed by atoms with Gasteiger partial charge in [0.1, 0.15) is 0 Å². The van der Waals surface area contributed by atoms with Gasteiger partial charge >= 0.3 is 5.97 Å². The summed E-state index contributed by atoms with van der Waals surface area (Å²) < 4.78 is 5.43. The number of carbonyl (C=O) groups is 3. The van der Waals surface area contributed by atoms with Crippen LogP contribution in [-0.2, 0) is 35.2 Å². The maximum absolute atomic E-state index is 12.4. The third-order valence-electron chi connectivity index (χ3n) is 4.05. The fraction of sp³-hybridized carbons (Fsp3) is 0.444. The Morgan fingerprint density at radius 1 is 1.15 bits per heavy atom. The van der Waals surface area contributed by atoms with Crippen molar-refractivity contribution in [3.05, 3.63) is 35.9 Å². The summed E-state index contributed by atoms with van der Waals surface area (Å²) in [7, 11) is 0. The van der Waals surface area contributed by atoms with Gasteiger partial charge in [-0.1, -0.05) is 35.5 Å².